The van der Waals surface area contributed by atoms with Crippen LogP contribution in [0.2, 0.25) is 5.02 Å². The van der Waals surface area contributed by atoms with Gasteiger partial charge in [0.1, 0.15) is 11.9 Å². The van der Waals surface area contributed by atoms with E-state index in [1.54, 1.807) is 12.1 Å². The van der Waals surface area contributed by atoms with Gasteiger partial charge in [0, 0.05) is 16.3 Å². The first-order valence-corrected chi connectivity index (χ1v) is 9.51. The van der Waals surface area contributed by atoms with E-state index >= 15 is 0 Å². The molecule has 0 aliphatic rings. The molecule has 7 nitrogen and oxygen atoms in total. The van der Waals surface area contributed by atoms with Crippen molar-refractivity contribution in [1.82, 2.24) is 15.1 Å². The molecule has 0 radical (unpaired) electrons. The summed E-state index contributed by atoms with van der Waals surface area (Å²) in [4.78, 5) is 12.2. The average Bonchev–Trinajstić information content (AvgIpc) is 3.17. The number of aliphatic hydroxyl groups excluding tert-OH is 2. The van der Waals surface area contributed by atoms with Gasteiger partial charge in [0.05, 0.1) is 24.5 Å². The number of aliphatic hydroxyl groups is 2. The van der Waals surface area contributed by atoms with Crippen LogP contribution in [0.3, 0.4) is 0 Å². The predicted octanol–water partition coefficient (Wildman–Crippen LogP) is 4.03. The molecule has 0 spiro atoms. The normalized spacial score (nSPS) is 12.5. The number of alkyl halides is 3. The molecule has 0 fully saturated rings. The van der Waals surface area contributed by atoms with Gasteiger partial charge in [-0.2, -0.15) is 18.3 Å². The van der Waals surface area contributed by atoms with Crippen LogP contribution in [0.5, 0.6) is 0 Å². The summed E-state index contributed by atoms with van der Waals surface area (Å²) in [5.74, 6) is -0.849. The van der Waals surface area contributed by atoms with Crippen LogP contribution in [0, 0.1) is 5.82 Å². The minimum atomic E-state index is -4.70. The quantitative estimate of drug-likeness (QED) is 0.407. The molecule has 3 aromatic rings. The summed E-state index contributed by atoms with van der Waals surface area (Å²) >= 11 is 5.91. The number of anilines is 1. The molecule has 3 rings (SSSR count). The minimum absolute atomic E-state index is 0.0299. The number of hydrogen-bond donors (Lipinski definition) is 4. The summed E-state index contributed by atoms with van der Waals surface area (Å²) in [6.45, 7) is -1.00. The number of aromatic nitrogens is 2. The van der Waals surface area contributed by atoms with Crippen LogP contribution in [0.4, 0.5) is 28.0 Å². The predicted molar refractivity (Wildman–Crippen MR) is 108 cm³/mol. The molecule has 1 atom stereocenters. The van der Waals surface area contributed by atoms with E-state index in [1.165, 1.54) is 24.3 Å². The van der Waals surface area contributed by atoms with Crippen LogP contribution < -0.4 is 10.6 Å². The molecular formula is C20H17ClF4N4O3. The van der Waals surface area contributed by atoms with Crippen LogP contribution in [0.25, 0.3) is 5.69 Å². The van der Waals surface area contributed by atoms with Crippen LogP contribution in [0.15, 0.2) is 48.5 Å². The zero-order valence-electron chi connectivity index (χ0n) is 16.2. The van der Waals surface area contributed by atoms with E-state index in [9.17, 15) is 27.5 Å². The second kappa shape index (κ2) is 9.55. The maximum Gasteiger partial charge on any atom is 0.435 e. The molecule has 0 saturated carbocycles. The summed E-state index contributed by atoms with van der Waals surface area (Å²) < 4.78 is 54.5. The van der Waals surface area contributed by atoms with E-state index in [0.717, 1.165) is 16.8 Å². The number of halogens is 5. The summed E-state index contributed by atoms with van der Waals surface area (Å²) in [6, 6.07) is 9.43. The Morgan fingerprint density at radius 1 is 1.19 bits per heavy atom. The number of carbonyl (C=O) groups is 1. The number of nitrogens with one attached hydrogen (secondary N) is 2. The number of hydrogen-bond acceptors (Lipinski definition) is 4. The Morgan fingerprint density at radius 3 is 2.56 bits per heavy atom. The van der Waals surface area contributed by atoms with Crippen LogP contribution in [-0.4, -0.2) is 32.6 Å². The van der Waals surface area contributed by atoms with Crippen molar-refractivity contribution in [3.63, 3.8) is 0 Å². The Morgan fingerprint density at radius 2 is 1.94 bits per heavy atom. The number of carbonyl (C=O) groups excluding carboxylic acids is 1. The Labute approximate surface area is 184 Å². The highest BCUT2D eigenvalue weighted by Crippen LogP contribution is 2.30. The van der Waals surface area contributed by atoms with Gasteiger partial charge in [-0.1, -0.05) is 23.7 Å². The van der Waals surface area contributed by atoms with Crippen molar-refractivity contribution >= 4 is 23.3 Å². The monoisotopic (exact) mass is 472 g/mol. The molecule has 1 unspecified atom stereocenters. The molecule has 0 aliphatic carbocycles. The fraction of sp³-hybridized carbons (Fsp3) is 0.200. The summed E-state index contributed by atoms with van der Waals surface area (Å²) in [5, 5.41) is 27.0. The van der Waals surface area contributed by atoms with Crippen molar-refractivity contribution in [3.8, 4) is 5.69 Å². The fourth-order valence-corrected chi connectivity index (χ4v) is 3.02. The van der Waals surface area contributed by atoms with Gasteiger partial charge < -0.3 is 20.8 Å². The molecule has 4 N–H and O–H groups in total. The molecular weight excluding hydrogens is 456 g/mol. The van der Waals surface area contributed by atoms with Crippen LogP contribution in [0.1, 0.15) is 23.1 Å². The van der Waals surface area contributed by atoms with Gasteiger partial charge in [-0.15, -0.1) is 0 Å². The number of nitrogens with zero attached hydrogens (tertiary/aromatic N) is 2. The number of benzene rings is 2. The lowest BCUT2D eigenvalue weighted by Crippen LogP contribution is -2.29. The third kappa shape index (κ3) is 5.55. The van der Waals surface area contributed by atoms with Gasteiger partial charge in [-0.05, 0) is 36.4 Å². The van der Waals surface area contributed by atoms with Crippen molar-refractivity contribution in [1.29, 1.82) is 0 Å². The lowest BCUT2D eigenvalue weighted by atomic mass is 10.1. The van der Waals surface area contributed by atoms with E-state index in [1.807, 2.05) is 0 Å². The van der Waals surface area contributed by atoms with Crippen molar-refractivity contribution in [2.24, 2.45) is 0 Å². The Bertz CT molecular complexity index is 1120. The second-order valence-corrected chi connectivity index (χ2v) is 7.09. The lowest BCUT2D eigenvalue weighted by molar-refractivity contribution is -0.141. The van der Waals surface area contributed by atoms with Crippen LogP contribution in [-0.2, 0) is 12.7 Å². The van der Waals surface area contributed by atoms with Gasteiger partial charge in [0.15, 0.2) is 5.69 Å². The molecule has 1 aromatic heterocycles. The Kier molecular flexibility index (Phi) is 7.02. The first-order valence-electron chi connectivity index (χ1n) is 9.14. The zero-order valence-corrected chi connectivity index (χ0v) is 17.0. The summed E-state index contributed by atoms with van der Waals surface area (Å²) in [6.07, 6.45) is -6.10. The second-order valence-electron chi connectivity index (χ2n) is 6.65. The van der Waals surface area contributed by atoms with Crippen molar-refractivity contribution in [2.45, 2.75) is 18.8 Å². The van der Waals surface area contributed by atoms with E-state index < -0.39 is 36.4 Å². The standard InChI is InChI=1S/C20H17ClF4N4O3/c21-11-2-1-3-13(6-11)29-14(8-18(28-29)20(23,24)25)9-26-19(32)27-12-4-5-15(16(22)7-12)17(31)10-30/h1-8,17,30-31H,9-10H2,(H2,26,27,32). The zero-order chi connectivity index (χ0) is 23.5. The number of rotatable bonds is 6. The Balaban J connectivity index is 1.75. The maximum atomic E-state index is 14.0. The van der Waals surface area contributed by atoms with Gasteiger partial charge in [-0.3, -0.25) is 0 Å². The molecule has 0 bridgehead atoms. The van der Waals surface area contributed by atoms with Crippen LogP contribution >= 0.6 is 11.6 Å². The number of urea groups is 1. The third-order valence-corrected chi connectivity index (χ3v) is 4.58. The SMILES string of the molecule is O=C(NCc1cc(C(F)(F)F)nn1-c1cccc(Cl)c1)Nc1ccc(C(O)CO)c(F)c1. The largest absolute Gasteiger partial charge is 0.435 e. The molecule has 2 amide bonds. The van der Waals surface area contributed by atoms with Gasteiger partial charge >= 0.3 is 12.2 Å². The van der Waals surface area contributed by atoms with Gasteiger partial charge in [-0.25, -0.2) is 13.9 Å². The summed E-state index contributed by atoms with van der Waals surface area (Å²) in [7, 11) is 0. The molecule has 12 heteroatoms. The average molecular weight is 473 g/mol. The topological polar surface area (TPSA) is 99.4 Å². The van der Waals surface area contributed by atoms with Gasteiger partial charge in [0.2, 0.25) is 0 Å². The van der Waals surface area contributed by atoms with Crippen molar-refractivity contribution < 1.29 is 32.6 Å². The molecule has 0 aliphatic heterocycles. The van der Waals surface area contributed by atoms with E-state index in [0.29, 0.717) is 5.02 Å². The highest BCUT2D eigenvalue weighted by Gasteiger charge is 2.35. The third-order valence-electron chi connectivity index (χ3n) is 4.35. The molecule has 1 heterocycles. The highest BCUT2D eigenvalue weighted by molar-refractivity contribution is 6.30. The van der Waals surface area contributed by atoms with Crippen molar-refractivity contribution in [2.75, 3.05) is 11.9 Å². The summed E-state index contributed by atoms with van der Waals surface area (Å²) in [5.41, 5.74) is -0.959. The lowest BCUT2D eigenvalue weighted by Gasteiger charge is -2.12. The smallest absolute Gasteiger partial charge is 0.393 e. The first-order chi connectivity index (χ1) is 15.1. The first kappa shape index (κ1) is 23.5. The highest BCUT2D eigenvalue weighted by atomic mass is 35.5. The minimum Gasteiger partial charge on any atom is -0.393 e. The fourth-order valence-electron chi connectivity index (χ4n) is 2.84. The van der Waals surface area contributed by atoms with E-state index in [4.69, 9.17) is 16.7 Å². The maximum absolute atomic E-state index is 14.0. The molecule has 2 aromatic carbocycles. The number of amides is 2. The Hall–Kier alpha value is -3.15. The van der Waals surface area contributed by atoms with Gasteiger partial charge in [0.25, 0.3) is 0 Å². The molecule has 0 saturated heterocycles. The van der Waals surface area contributed by atoms with Crippen molar-refractivity contribution in [3.05, 3.63) is 76.3 Å². The molecule has 170 valence electrons. The molecule has 32 heavy (non-hydrogen) atoms. The van der Waals surface area contributed by atoms with E-state index in [2.05, 4.69) is 15.7 Å². The van der Waals surface area contributed by atoms with E-state index in [-0.39, 0.29) is 29.2 Å².